The summed E-state index contributed by atoms with van der Waals surface area (Å²) in [5.41, 5.74) is 2.13. The number of nitrogens with one attached hydrogen (secondary N) is 2. The van der Waals surface area contributed by atoms with Crippen LogP contribution in [0.25, 0.3) is 0 Å². The first-order valence-electron chi connectivity index (χ1n) is 7.28. The molecule has 0 aromatic heterocycles. The quantitative estimate of drug-likeness (QED) is 0.600. The Hall–Kier alpha value is -1.03. The first-order valence-corrected chi connectivity index (χ1v) is 8.03. The van der Waals surface area contributed by atoms with Gasteiger partial charge in [-0.05, 0) is 56.8 Å². The fourth-order valence-electron chi connectivity index (χ4n) is 2.41. The lowest BCUT2D eigenvalue weighted by atomic mass is 9.97. The Labute approximate surface area is 135 Å². The van der Waals surface area contributed by atoms with Gasteiger partial charge in [0.25, 0.3) is 0 Å². The molecule has 114 valence electrons. The largest absolute Gasteiger partial charge is 0.325 e. The Bertz CT molecular complexity index is 509. The summed E-state index contributed by atoms with van der Waals surface area (Å²) in [6, 6.07) is 4.99. The minimum absolute atomic E-state index is 0.0917. The first-order chi connectivity index (χ1) is 10.1. The van der Waals surface area contributed by atoms with Crippen molar-refractivity contribution in [2.75, 3.05) is 18.4 Å². The second kappa shape index (κ2) is 8.42. The highest BCUT2D eigenvalue weighted by molar-refractivity contribution is 6.35. The molecule has 3 nitrogen and oxygen atoms in total. The normalized spacial score (nSPS) is 14.7. The Morgan fingerprint density at radius 2 is 1.90 bits per heavy atom. The van der Waals surface area contributed by atoms with Crippen molar-refractivity contribution in [1.82, 2.24) is 5.32 Å². The molecular weight excluding hydrogens is 307 g/mol. The van der Waals surface area contributed by atoms with Gasteiger partial charge in [-0.2, -0.15) is 0 Å². The number of carbonyl (C=O) groups is 1. The van der Waals surface area contributed by atoms with Crippen molar-refractivity contribution in [3.8, 4) is 0 Å². The monoisotopic (exact) mass is 326 g/mol. The maximum Gasteiger partial charge on any atom is 0.238 e. The van der Waals surface area contributed by atoms with Crippen LogP contribution in [0.5, 0.6) is 0 Å². The van der Waals surface area contributed by atoms with Crippen LogP contribution in [0.2, 0.25) is 10.0 Å². The highest BCUT2D eigenvalue weighted by atomic mass is 35.5. The number of carbonyl (C=O) groups excluding carboxylic acids is 1. The Morgan fingerprint density at radius 3 is 2.57 bits per heavy atom. The van der Waals surface area contributed by atoms with E-state index in [9.17, 15) is 4.79 Å². The molecule has 1 aromatic carbocycles. The summed E-state index contributed by atoms with van der Waals surface area (Å²) in [5, 5.41) is 6.96. The van der Waals surface area contributed by atoms with Gasteiger partial charge in [-0.15, -0.1) is 0 Å². The maximum absolute atomic E-state index is 11.8. The van der Waals surface area contributed by atoms with Crippen LogP contribution in [0.4, 0.5) is 5.69 Å². The molecule has 0 atom stereocenters. The standard InChI is InChI=1S/C16H20Cl2N2O/c17-13-8-14(18)10-15(9-13)20-16(21)11-19-7-6-12-4-2-1-3-5-12/h4,8-10,19H,1-3,5-7,11H2,(H,20,21). The van der Waals surface area contributed by atoms with Gasteiger partial charge in [0.15, 0.2) is 0 Å². The van der Waals surface area contributed by atoms with E-state index in [1.807, 2.05) is 0 Å². The van der Waals surface area contributed by atoms with Gasteiger partial charge in [0.1, 0.15) is 0 Å². The second-order valence-corrected chi connectivity index (χ2v) is 6.11. The van der Waals surface area contributed by atoms with Crippen molar-refractivity contribution in [3.63, 3.8) is 0 Å². The molecule has 0 spiro atoms. The van der Waals surface area contributed by atoms with Crippen molar-refractivity contribution >= 4 is 34.8 Å². The van der Waals surface area contributed by atoms with Crippen molar-refractivity contribution < 1.29 is 4.79 Å². The summed E-state index contributed by atoms with van der Waals surface area (Å²) in [5.74, 6) is -0.0917. The van der Waals surface area contributed by atoms with Gasteiger partial charge in [0, 0.05) is 15.7 Å². The predicted molar refractivity (Wildman–Crippen MR) is 89.1 cm³/mol. The van der Waals surface area contributed by atoms with E-state index >= 15 is 0 Å². The molecule has 0 heterocycles. The molecule has 0 saturated heterocycles. The van der Waals surface area contributed by atoms with E-state index in [1.165, 1.54) is 31.3 Å². The fraction of sp³-hybridized carbons (Fsp3) is 0.438. The summed E-state index contributed by atoms with van der Waals surface area (Å²) in [7, 11) is 0. The van der Waals surface area contributed by atoms with Crippen LogP contribution in [0.1, 0.15) is 32.1 Å². The number of halogens is 2. The molecule has 1 aliphatic carbocycles. The molecular formula is C16H20Cl2N2O. The first kappa shape index (κ1) is 16.3. The lowest BCUT2D eigenvalue weighted by Gasteiger charge is -2.13. The number of hydrogen-bond acceptors (Lipinski definition) is 2. The van der Waals surface area contributed by atoms with Crippen molar-refractivity contribution in [1.29, 1.82) is 0 Å². The van der Waals surface area contributed by atoms with Crippen molar-refractivity contribution in [2.24, 2.45) is 0 Å². The van der Waals surface area contributed by atoms with E-state index < -0.39 is 0 Å². The third-order valence-corrected chi connectivity index (χ3v) is 3.88. The molecule has 0 radical (unpaired) electrons. The van der Waals surface area contributed by atoms with Gasteiger partial charge < -0.3 is 10.6 Å². The Morgan fingerprint density at radius 1 is 1.14 bits per heavy atom. The molecule has 1 aromatic rings. The zero-order valence-electron chi connectivity index (χ0n) is 11.9. The number of amides is 1. The third-order valence-electron chi connectivity index (χ3n) is 3.44. The SMILES string of the molecule is O=C(CNCCC1=CCCCC1)Nc1cc(Cl)cc(Cl)c1. The maximum atomic E-state index is 11.8. The third kappa shape index (κ3) is 6.08. The number of hydrogen-bond donors (Lipinski definition) is 2. The summed E-state index contributed by atoms with van der Waals surface area (Å²) in [4.78, 5) is 11.8. The molecule has 0 saturated carbocycles. The van der Waals surface area contributed by atoms with Gasteiger partial charge in [-0.1, -0.05) is 34.9 Å². The summed E-state index contributed by atoms with van der Waals surface area (Å²) >= 11 is 11.8. The van der Waals surface area contributed by atoms with E-state index in [4.69, 9.17) is 23.2 Å². The van der Waals surface area contributed by atoms with Crippen LogP contribution >= 0.6 is 23.2 Å². The highest BCUT2D eigenvalue weighted by Crippen LogP contribution is 2.22. The predicted octanol–water partition coefficient (Wildman–Crippen LogP) is 4.41. The summed E-state index contributed by atoms with van der Waals surface area (Å²) < 4.78 is 0. The van der Waals surface area contributed by atoms with Gasteiger partial charge in [-0.25, -0.2) is 0 Å². The van der Waals surface area contributed by atoms with Crippen LogP contribution in [0, 0.1) is 0 Å². The van der Waals surface area contributed by atoms with Crippen LogP contribution in [0.3, 0.4) is 0 Å². The topological polar surface area (TPSA) is 41.1 Å². The molecule has 2 N–H and O–H groups in total. The molecule has 2 rings (SSSR count). The smallest absolute Gasteiger partial charge is 0.238 e. The summed E-state index contributed by atoms with van der Waals surface area (Å²) in [6.45, 7) is 1.12. The number of anilines is 1. The van der Waals surface area contributed by atoms with Crippen LogP contribution in [0.15, 0.2) is 29.8 Å². The zero-order valence-corrected chi connectivity index (χ0v) is 13.4. The average Bonchev–Trinajstić information content (AvgIpc) is 2.43. The fourth-order valence-corrected chi connectivity index (χ4v) is 2.94. The molecule has 0 unspecified atom stereocenters. The molecule has 0 aliphatic heterocycles. The highest BCUT2D eigenvalue weighted by Gasteiger charge is 2.06. The van der Waals surface area contributed by atoms with Gasteiger partial charge in [0.05, 0.1) is 6.54 Å². The minimum atomic E-state index is -0.0917. The van der Waals surface area contributed by atoms with Crippen LogP contribution in [-0.2, 0) is 4.79 Å². The minimum Gasteiger partial charge on any atom is -0.325 e. The molecule has 21 heavy (non-hydrogen) atoms. The van der Waals surface area contributed by atoms with Crippen molar-refractivity contribution in [2.45, 2.75) is 32.1 Å². The second-order valence-electron chi connectivity index (χ2n) is 5.24. The van der Waals surface area contributed by atoms with E-state index in [0.717, 1.165) is 13.0 Å². The van der Waals surface area contributed by atoms with Gasteiger partial charge in [0.2, 0.25) is 5.91 Å². The van der Waals surface area contributed by atoms with Crippen LogP contribution < -0.4 is 10.6 Å². The van der Waals surface area contributed by atoms with E-state index in [2.05, 4.69) is 16.7 Å². The van der Waals surface area contributed by atoms with Crippen molar-refractivity contribution in [3.05, 3.63) is 39.9 Å². The number of allylic oxidation sites excluding steroid dienone is 1. The van der Waals surface area contributed by atoms with Crippen LogP contribution in [-0.4, -0.2) is 19.0 Å². The average molecular weight is 327 g/mol. The summed E-state index contributed by atoms with van der Waals surface area (Å²) in [6.07, 6.45) is 8.36. The Kier molecular flexibility index (Phi) is 6.55. The van der Waals surface area contributed by atoms with Gasteiger partial charge in [-0.3, -0.25) is 4.79 Å². The lowest BCUT2D eigenvalue weighted by Crippen LogP contribution is -2.29. The van der Waals surface area contributed by atoms with E-state index in [1.54, 1.807) is 18.2 Å². The molecule has 1 aliphatic rings. The molecule has 5 heteroatoms. The molecule has 1 amide bonds. The molecule has 0 bridgehead atoms. The Balaban J connectivity index is 1.68. The number of rotatable bonds is 6. The van der Waals surface area contributed by atoms with E-state index in [-0.39, 0.29) is 12.5 Å². The molecule has 0 fully saturated rings. The lowest BCUT2D eigenvalue weighted by molar-refractivity contribution is -0.115. The van der Waals surface area contributed by atoms with Gasteiger partial charge >= 0.3 is 0 Å². The zero-order chi connectivity index (χ0) is 15.1. The number of benzene rings is 1. The van der Waals surface area contributed by atoms with E-state index in [0.29, 0.717) is 15.7 Å².